The highest BCUT2D eigenvalue weighted by Gasteiger charge is 2.15. The summed E-state index contributed by atoms with van der Waals surface area (Å²) in [5.41, 5.74) is 1.22. The maximum atomic E-state index is 12.4. The van der Waals surface area contributed by atoms with Gasteiger partial charge in [-0.15, -0.1) is 0 Å². The van der Waals surface area contributed by atoms with Crippen molar-refractivity contribution in [1.82, 2.24) is 10.2 Å². The summed E-state index contributed by atoms with van der Waals surface area (Å²) in [6.07, 6.45) is 1.89. The third-order valence-electron chi connectivity index (χ3n) is 3.09. The normalized spacial score (nSPS) is 10.5. The van der Waals surface area contributed by atoms with Crippen LogP contribution in [0.15, 0.2) is 24.3 Å². The van der Waals surface area contributed by atoms with Gasteiger partial charge < -0.3 is 10.2 Å². The zero-order valence-electron chi connectivity index (χ0n) is 13.5. The number of hydrogen-bond acceptors (Lipinski definition) is 2. The molecule has 1 rings (SSSR count). The van der Waals surface area contributed by atoms with Crippen molar-refractivity contribution in [3.8, 4) is 0 Å². The number of rotatable bonds is 7. The topological polar surface area (TPSA) is 49.4 Å². The van der Waals surface area contributed by atoms with Crippen molar-refractivity contribution in [3.05, 3.63) is 35.4 Å². The summed E-state index contributed by atoms with van der Waals surface area (Å²) in [6.45, 7) is 9.50. The SMILES string of the molecule is CCCN(CCC)C(=O)c1ccc(C(=O)NC(C)C)cc1. The molecule has 0 aliphatic rings. The standard InChI is InChI=1S/C17H26N2O2/c1-5-11-19(12-6-2)17(21)15-9-7-14(8-10-15)16(20)18-13(3)4/h7-10,13H,5-6,11-12H2,1-4H3,(H,18,20). The van der Waals surface area contributed by atoms with Crippen LogP contribution in [-0.4, -0.2) is 35.8 Å². The molecule has 21 heavy (non-hydrogen) atoms. The van der Waals surface area contributed by atoms with E-state index in [-0.39, 0.29) is 17.9 Å². The van der Waals surface area contributed by atoms with E-state index in [1.807, 2.05) is 18.7 Å². The van der Waals surface area contributed by atoms with Crippen LogP contribution < -0.4 is 5.32 Å². The minimum absolute atomic E-state index is 0.0366. The molecule has 2 amide bonds. The number of benzene rings is 1. The number of hydrogen-bond donors (Lipinski definition) is 1. The zero-order valence-corrected chi connectivity index (χ0v) is 13.5. The van der Waals surface area contributed by atoms with Gasteiger partial charge in [0.2, 0.25) is 0 Å². The van der Waals surface area contributed by atoms with Gasteiger partial charge in [-0.05, 0) is 51.0 Å². The fourth-order valence-corrected chi connectivity index (χ4v) is 2.15. The Bertz CT molecular complexity index is 460. The number of carbonyl (C=O) groups is 2. The van der Waals surface area contributed by atoms with Crippen LogP contribution in [0.4, 0.5) is 0 Å². The molecule has 0 unspecified atom stereocenters. The largest absolute Gasteiger partial charge is 0.350 e. The first kappa shape index (κ1) is 17.2. The average molecular weight is 290 g/mol. The molecule has 0 heterocycles. The highest BCUT2D eigenvalue weighted by atomic mass is 16.2. The predicted molar refractivity (Wildman–Crippen MR) is 85.5 cm³/mol. The molecule has 1 aromatic rings. The first-order valence-corrected chi connectivity index (χ1v) is 7.69. The van der Waals surface area contributed by atoms with Gasteiger partial charge in [0.1, 0.15) is 0 Å². The third-order valence-corrected chi connectivity index (χ3v) is 3.09. The summed E-state index contributed by atoms with van der Waals surface area (Å²) in [7, 11) is 0. The Balaban J connectivity index is 2.80. The van der Waals surface area contributed by atoms with Crippen molar-refractivity contribution in [1.29, 1.82) is 0 Å². The van der Waals surface area contributed by atoms with Crippen LogP contribution in [0.5, 0.6) is 0 Å². The van der Waals surface area contributed by atoms with Crippen LogP contribution in [0, 0.1) is 0 Å². The molecular formula is C17H26N2O2. The summed E-state index contributed by atoms with van der Waals surface area (Å²) in [6, 6.07) is 6.98. The van der Waals surface area contributed by atoms with Gasteiger partial charge in [0, 0.05) is 30.3 Å². The molecule has 0 bridgehead atoms. The molecule has 1 N–H and O–H groups in total. The Morgan fingerprint density at radius 1 is 1.00 bits per heavy atom. The number of nitrogens with zero attached hydrogens (tertiary/aromatic N) is 1. The lowest BCUT2D eigenvalue weighted by atomic mass is 10.1. The Kier molecular flexibility index (Phi) is 6.92. The quantitative estimate of drug-likeness (QED) is 0.839. The van der Waals surface area contributed by atoms with E-state index in [0.717, 1.165) is 25.9 Å². The summed E-state index contributed by atoms with van der Waals surface area (Å²) in [5, 5.41) is 2.84. The molecular weight excluding hydrogens is 264 g/mol. The number of amides is 2. The second-order valence-electron chi connectivity index (χ2n) is 5.50. The highest BCUT2D eigenvalue weighted by Crippen LogP contribution is 2.09. The van der Waals surface area contributed by atoms with Crippen molar-refractivity contribution in [2.75, 3.05) is 13.1 Å². The van der Waals surface area contributed by atoms with E-state index in [2.05, 4.69) is 19.2 Å². The van der Waals surface area contributed by atoms with Crippen molar-refractivity contribution in [2.24, 2.45) is 0 Å². The summed E-state index contributed by atoms with van der Waals surface area (Å²) < 4.78 is 0. The molecule has 0 radical (unpaired) electrons. The highest BCUT2D eigenvalue weighted by molar-refractivity contribution is 5.97. The molecule has 0 spiro atoms. The average Bonchev–Trinajstić information content (AvgIpc) is 2.46. The Hall–Kier alpha value is -1.84. The summed E-state index contributed by atoms with van der Waals surface area (Å²) in [5.74, 6) is -0.0718. The van der Waals surface area contributed by atoms with Crippen LogP contribution in [-0.2, 0) is 0 Å². The van der Waals surface area contributed by atoms with Crippen LogP contribution in [0.25, 0.3) is 0 Å². The fraction of sp³-hybridized carbons (Fsp3) is 0.529. The van der Waals surface area contributed by atoms with E-state index in [9.17, 15) is 9.59 Å². The molecule has 0 aliphatic carbocycles. The first-order valence-electron chi connectivity index (χ1n) is 7.69. The summed E-state index contributed by atoms with van der Waals surface area (Å²) in [4.78, 5) is 26.1. The molecule has 0 saturated carbocycles. The fourth-order valence-electron chi connectivity index (χ4n) is 2.15. The molecule has 4 heteroatoms. The lowest BCUT2D eigenvalue weighted by Crippen LogP contribution is -2.32. The molecule has 0 aromatic heterocycles. The predicted octanol–water partition coefficient (Wildman–Crippen LogP) is 3.09. The van der Waals surface area contributed by atoms with Crippen molar-refractivity contribution < 1.29 is 9.59 Å². The Morgan fingerprint density at radius 2 is 1.48 bits per heavy atom. The van der Waals surface area contributed by atoms with Crippen molar-refractivity contribution in [3.63, 3.8) is 0 Å². The van der Waals surface area contributed by atoms with Crippen LogP contribution in [0.2, 0.25) is 0 Å². The minimum Gasteiger partial charge on any atom is -0.350 e. The molecule has 0 fully saturated rings. The van der Waals surface area contributed by atoms with Gasteiger partial charge in [0.15, 0.2) is 0 Å². The molecule has 0 saturated heterocycles. The van der Waals surface area contributed by atoms with Gasteiger partial charge in [-0.2, -0.15) is 0 Å². The maximum absolute atomic E-state index is 12.4. The monoisotopic (exact) mass is 290 g/mol. The second kappa shape index (κ2) is 8.45. The minimum atomic E-state index is -0.108. The number of nitrogens with one attached hydrogen (secondary N) is 1. The van der Waals surface area contributed by atoms with Gasteiger partial charge in [-0.3, -0.25) is 9.59 Å². The lowest BCUT2D eigenvalue weighted by molar-refractivity contribution is 0.0755. The van der Waals surface area contributed by atoms with Gasteiger partial charge in [0.25, 0.3) is 11.8 Å². The second-order valence-corrected chi connectivity index (χ2v) is 5.50. The van der Waals surface area contributed by atoms with Crippen LogP contribution in [0.1, 0.15) is 61.3 Å². The molecule has 0 atom stereocenters. The molecule has 1 aromatic carbocycles. The summed E-state index contributed by atoms with van der Waals surface area (Å²) >= 11 is 0. The van der Waals surface area contributed by atoms with Crippen molar-refractivity contribution >= 4 is 11.8 Å². The van der Waals surface area contributed by atoms with Crippen molar-refractivity contribution in [2.45, 2.75) is 46.6 Å². The van der Waals surface area contributed by atoms with E-state index in [1.165, 1.54) is 0 Å². The Morgan fingerprint density at radius 3 is 1.90 bits per heavy atom. The first-order chi connectivity index (χ1) is 9.99. The lowest BCUT2D eigenvalue weighted by Gasteiger charge is -2.21. The van der Waals surface area contributed by atoms with Gasteiger partial charge in [-0.1, -0.05) is 13.8 Å². The zero-order chi connectivity index (χ0) is 15.8. The molecule has 0 aliphatic heterocycles. The third kappa shape index (κ3) is 5.21. The smallest absolute Gasteiger partial charge is 0.253 e. The van der Waals surface area contributed by atoms with E-state index in [1.54, 1.807) is 24.3 Å². The molecule has 116 valence electrons. The van der Waals surface area contributed by atoms with E-state index >= 15 is 0 Å². The van der Waals surface area contributed by atoms with Gasteiger partial charge in [-0.25, -0.2) is 0 Å². The van der Waals surface area contributed by atoms with Gasteiger partial charge in [0.05, 0.1) is 0 Å². The number of carbonyl (C=O) groups excluding carboxylic acids is 2. The van der Waals surface area contributed by atoms with Crippen LogP contribution >= 0.6 is 0 Å². The van der Waals surface area contributed by atoms with E-state index in [0.29, 0.717) is 11.1 Å². The Labute approximate surface area is 127 Å². The van der Waals surface area contributed by atoms with Crippen LogP contribution in [0.3, 0.4) is 0 Å². The van der Waals surface area contributed by atoms with Gasteiger partial charge >= 0.3 is 0 Å². The molecule has 4 nitrogen and oxygen atoms in total. The maximum Gasteiger partial charge on any atom is 0.253 e. The van der Waals surface area contributed by atoms with E-state index < -0.39 is 0 Å². The van der Waals surface area contributed by atoms with E-state index in [4.69, 9.17) is 0 Å².